The van der Waals surface area contributed by atoms with E-state index >= 15 is 0 Å². The third-order valence-corrected chi connectivity index (χ3v) is 3.75. The number of nitriles is 1. The van der Waals surface area contributed by atoms with Crippen LogP contribution in [0.4, 0.5) is 5.69 Å². The molecule has 0 spiro atoms. The van der Waals surface area contributed by atoms with Crippen LogP contribution >= 0.6 is 11.6 Å². The molecule has 18 heavy (non-hydrogen) atoms. The molecule has 1 N–H and O–H groups in total. The summed E-state index contributed by atoms with van der Waals surface area (Å²) in [5.74, 6) is 0. The van der Waals surface area contributed by atoms with E-state index in [1.165, 1.54) is 6.42 Å². The highest BCUT2D eigenvalue weighted by molar-refractivity contribution is 6.31. The average Bonchev–Trinajstić information content (AvgIpc) is 2.41. The van der Waals surface area contributed by atoms with Gasteiger partial charge in [-0.05, 0) is 43.9 Å². The van der Waals surface area contributed by atoms with Crippen molar-refractivity contribution in [2.75, 3.05) is 12.4 Å². The van der Waals surface area contributed by atoms with Gasteiger partial charge in [0.25, 0.3) is 0 Å². The topological polar surface area (TPSA) is 45.0 Å². The van der Waals surface area contributed by atoms with Crippen LogP contribution in [-0.2, 0) is 4.74 Å². The lowest BCUT2D eigenvalue weighted by Crippen LogP contribution is -2.30. The first-order chi connectivity index (χ1) is 8.72. The highest BCUT2D eigenvalue weighted by Crippen LogP contribution is 2.25. The minimum atomic E-state index is 0.346. The molecule has 1 aliphatic rings. The minimum Gasteiger partial charge on any atom is -0.382 e. The van der Waals surface area contributed by atoms with Gasteiger partial charge in [-0.1, -0.05) is 11.6 Å². The van der Waals surface area contributed by atoms with E-state index in [0.29, 0.717) is 22.7 Å². The fraction of sp³-hybridized carbons (Fsp3) is 0.500. The van der Waals surface area contributed by atoms with E-state index in [-0.39, 0.29) is 0 Å². The van der Waals surface area contributed by atoms with Crippen LogP contribution in [0.3, 0.4) is 0 Å². The van der Waals surface area contributed by atoms with Crippen LogP contribution in [0.2, 0.25) is 5.02 Å². The summed E-state index contributed by atoms with van der Waals surface area (Å²) in [6, 6.07) is 7.99. The third-order valence-electron chi connectivity index (χ3n) is 3.42. The molecule has 2 atom stereocenters. The van der Waals surface area contributed by atoms with E-state index in [0.717, 1.165) is 24.9 Å². The zero-order valence-electron chi connectivity index (χ0n) is 10.4. The molecule has 1 saturated carbocycles. The molecule has 0 amide bonds. The van der Waals surface area contributed by atoms with Crippen molar-refractivity contribution in [1.29, 1.82) is 5.26 Å². The van der Waals surface area contributed by atoms with Crippen molar-refractivity contribution in [3.63, 3.8) is 0 Å². The van der Waals surface area contributed by atoms with E-state index in [2.05, 4.69) is 11.4 Å². The highest BCUT2D eigenvalue weighted by Gasteiger charge is 2.21. The van der Waals surface area contributed by atoms with E-state index in [1.807, 2.05) is 6.07 Å². The molecule has 1 aromatic carbocycles. The van der Waals surface area contributed by atoms with Crippen molar-refractivity contribution in [2.45, 2.75) is 37.8 Å². The van der Waals surface area contributed by atoms with E-state index in [4.69, 9.17) is 21.6 Å². The Balaban J connectivity index is 2.03. The lowest BCUT2D eigenvalue weighted by molar-refractivity contribution is 0.0669. The van der Waals surface area contributed by atoms with Gasteiger partial charge in [-0.3, -0.25) is 0 Å². The Morgan fingerprint density at radius 1 is 1.44 bits per heavy atom. The van der Waals surface area contributed by atoms with Crippen molar-refractivity contribution in [1.82, 2.24) is 0 Å². The Kier molecular flexibility index (Phi) is 4.46. The lowest BCUT2D eigenvalue weighted by atomic mass is 9.92. The van der Waals surface area contributed by atoms with E-state index in [1.54, 1.807) is 19.2 Å². The Hall–Kier alpha value is -1.24. The predicted octanol–water partition coefficient (Wildman–Crippen LogP) is 3.58. The van der Waals surface area contributed by atoms with Crippen molar-refractivity contribution in [3.05, 3.63) is 28.8 Å². The molecule has 1 fully saturated rings. The van der Waals surface area contributed by atoms with Gasteiger partial charge < -0.3 is 10.1 Å². The van der Waals surface area contributed by atoms with Crippen LogP contribution in [-0.4, -0.2) is 19.3 Å². The molecule has 0 heterocycles. The van der Waals surface area contributed by atoms with Gasteiger partial charge in [-0.15, -0.1) is 0 Å². The van der Waals surface area contributed by atoms with Crippen molar-refractivity contribution >= 4 is 17.3 Å². The fourth-order valence-corrected chi connectivity index (χ4v) is 2.59. The normalized spacial score (nSPS) is 23.4. The molecule has 0 aromatic heterocycles. The number of ether oxygens (including phenoxy) is 1. The minimum absolute atomic E-state index is 0.346. The number of hydrogen-bond acceptors (Lipinski definition) is 3. The SMILES string of the molecule is COC1CCCC(Nc2ccc(Cl)c(C#N)c2)C1. The summed E-state index contributed by atoms with van der Waals surface area (Å²) in [5.41, 5.74) is 1.47. The maximum absolute atomic E-state index is 8.95. The van der Waals surface area contributed by atoms with Gasteiger partial charge in [0.15, 0.2) is 0 Å². The zero-order valence-corrected chi connectivity index (χ0v) is 11.2. The standard InChI is InChI=1S/C14H17ClN2O/c1-18-13-4-2-3-11(8-13)17-12-5-6-14(15)10(7-12)9-16/h5-7,11,13,17H,2-4,8H2,1H3. The Bertz CT molecular complexity index is 456. The highest BCUT2D eigenvalue weighted by atomic mass is 35.5. The van der Waals surface area contributed by atoms with Crippen LogP contribution in [0, 0.1) is 11.3 Å². The molecule has 0 bridgehead atoms. The first-order valence-electron chi connectivity index (χ1n) is 6.22. The summed E-state index contributed by atoms with van der Waals surface area (Å²) >= 11 is 5.91. The number of hydrogen-bond donors (Lipinski definition) is 1. The quantitative estimate of drug-likeness (QED) is 0.908. The summed E-state index contributed by atoms with van der Waals surface area (Å²) < 4.78 is 5.41. The van der Waals surface area contributed by atoms with E-state index in [9.17, 15) is 0 Å². The number of methoxy groups -OCH3 is 1. The summed E-state index contributed by atoms with van der Waals surface area (Å²) in [6.07, 6.45) is 4.82. The summed E-state index contributed by atoms with van der Waals surface area (Å²) in [4.78, 5) is 0. The first-order valence-corrected chi connectivity index (χ1v) is 6.59. The number of anilines is 1. The van der Waals surface area contributed by atoms with Gasteiger partial charge in [0.05, 0.1) is 16.7 Å². The van der Waals surface area contributed by atoms with Crippen LogP contribution in [0.5, 0.6) is 0 Å². The molecule has 0 aliphatic heterocycles. The molecule has 1 aromatic rings. The van der Waals surface area contributed by atoms with Crippen LogP contribution in [0.25, 0.3) is 0 Å². The number of nitrogens with zero attached hydrogens (tertiary/aromatic N) is 1. The molecule has 2 rings (SSSR count). The van der Waals surface area contributed by atoms with Crippen LogP contribution in [0.1, 0.15) is 31.2 Å². The zero-order chi connectivity index (χ0) is 13.0. The molecule has 2 unspecified atom stereocenters. The summed E-state index contributed by atoms with van der Waals surface area (Å²) in [7, 11) is 1.77. The largest absolute Gasteiger partial charge is 0.382 e. The Labute approximate surface area is 113 Å². The molecular weight excluding hydrogens is 248 g/mol. The summed E-state index contributed by atoms with van der Waals surface area (Å²) in [5, 5.41) is 12.9. The number of rotatable bonds is 3. The molecule has 4 heteroatoms. The Morgan fingerprint density at radius 3 is 3.00 bits per heavy atom. The van der Waals surface area contributed by atoms with Gasteiger partial charge in [0, 0.05) is 18.8 Å². The second kappa shape index (κ2) is 6.08. The summed E-state index contributed by atoms with van der Waals surface area (Å²) in [6.45, 7) is 0. The number of benzene rings is 1. The van der Waals surface area contributed by atoms with Gasteiger partial charge in [-0.25, -0.2) is 0 Å². The van der Waals surface area contributed by atoms with Crippen LogP contribution < -0.4 is 5.32 Å². The molecule has 3 nitrogen and oxygen atoms in total. The van der Waals surface area contributed by atoms with Gasteiger partial charge in [0.1, 0.15) is 6.07 Å². The fourth-order valence-electron chi connectivity index (χ4n) is 2.43. The van der Waals surface area contributed by atoms with Crippen molar-refractivity contribution in [2.24, 2.45) is 0 Å². The first kappa shape index (κ1) is 13.2. The van der Waals surface area contributed by atoms with Gasteiger partial charge in [-0.2, -0.15) is 5.26 Å². The Morgan fingerprint density at radius 2 is 2.28 bits per heavy atom. The molecule has 96 valence electrons. The molecule has 0 saturated heterocycles. The van der Waals surface area contributed by atoms with Gasteiger partial charge >= 0.3 is 0 Å². The maximum atomic E-state index is 8.95. The molecule has 1 aliphatic carbocycles. The number of halogens is 1. The smallest absolute Gasteiger partial charge is 0.101 e. The maximum Gasteiger partial charge on any atom is 0.101 e. The average molecular weight is 265 g/mol. The van der Waals surface area contributed by atoms with Gasteiger partial charge in [0.2, 0.25) is 0 Å². The molecular formula is C14H17ClN2O. The van der Waals surface area contributed by atoms with Crippen LogP contribution in [0.15, 0.2) is 18.2 Å². The molecule has 0 radical (unpaired) electrons. The second-order valence-corrected chi connectivity index (χ2v) is 5.08. The predicted molar refractivity (Wildman–Crippen MR) is 72.8 cm³/mol. The van der Waals surface area contributed by atoms with E-state index < -0.39 is 0 Å². The number of nitrogens with one attached hydrogen (secondary N) is 1. The third kappa shape index (κ3) is 3.16. The van der Waals surface area contributed by atoms with Crippen molar-refractivity contribution in [3.8, 4) is 6.07 Å². The lowest BCUT2D eigenvalue weighted by Gasteiger charge is -2.29. The monoisotopic (exact) mass is 264 g/mol. The second-order valence-electron chi connectivity index (χ2n) is 4.67. The van der Waals surface area contributed by atoms with Crippen molar-refractivity contribution < 1.29 is 4.74 Å².